The Hall–Kier alpha value is -1.45. The molecule has 3 rings (SSSR count). The van der Waals surface area contributed by atoms with Crippen molar-refractivity contribution in [2.75, 3.05) is 19.6 Å². The molecule has 2 heterocycles. The third-order valence-corrected chi connectivity index (χ3v) is 4.02. The Morgan fingerprint density at radius 2 is 1.95 bits per heavy atom. The van der Waals surface area contributed by atoms with E-state index in [1.807, 2.05) is 6.07 Å². The fourth-order valence-corrected chi connectivity index (χ4v) is 2.90. The minimum absolute atomic E-state index is 0.515. The summed E-state index contributed by atoms with van der Waals surface area (Å²) in [4.78, 5) is 7.25. The third kappa shape index (κ3) is 3.35. The number of rotatable bonds is 5. The number of hydrogen-bond acceptors (Lipinski definition) is 3. The van der Waals surface area contributed by atoms with Gasteiger partial charge in [-0.25, -0.2) is 0 Å². The van der Waals surface area contributed by atoms with Crippen LogP contribution in [0.25, 0.3) is 10.9 Å². The second-order valence-corrected chi connectivity index (χ2v) is 5.78. The minimum atomic E-state index is 0.515. The number of benzene rings is 1. The Balaban J connectivity index is 1.56. The lowest BCUT2D eigenvalue weighted by atomic mass is 10.2. The van der Waals surface area contributed by atoms with Gasteiger partial charge in [0, 0.05) is 24.5 Å². The van der Waals surface area contributed by atoms with Crippen molar-refractivity contribution in [3.8, 4) is 0 Å². The van der Waals surface area contributed by atoms with Gasteiger partial charge in [-0.3, -0.25) is 4.98 Å². The average molecular weight is 269 g/mol. The van der Waals surface area contributed by atoms with Gasteiger partial charge in [-0.1, -0.05) is 24.3 Å². The predicted octanol–water partition coefficient (Wildman–Crippen LogP) is 2.81. The Labute approximate surface area is 121 Å². The standard InChI is InChI=1S/C17H23N3/c1-14(13-20-10-4-5-11-20)18-12-16-9-8-15-6-2-3-7-17(15)19-16/h2-3,6-9,14,18H,4-5,10-13H2,1H3. The summed E-state index contributed by atoms with van der Waals surface area (Å²) >= 11 is 0. The highest BCUT2D eigenvalue weighted by Gasteiger charge is 2.14. The molecule has 106 valence electrons. The molecule has 1 N–H and O–H groups in total. The number of aromatic nitrogens is 1. The molecule has 0 radical (unpaired) electrons. The van der Waals surface area contributed by atoms with E-state index < -0.39 is 0 Å². The van der Waals surface area contributed by atoms with Crippen molar-refractivity contribution >= 4 is 10.9 Å². The molecule has 0 aliphatic carbocycles. The largest absolute Gasteiger partial charge is 0.307 e. The van der Waals surface area contributed by atoms with Gasteiger partial charge in [0.1, 0.15) is 0 Å². The zero-order valence-corrected chi connectivity index (χ0v) is 12.2. The molecule has 0 spiro atoms. The van der Waals surface area contributed by atoms with Gasteiger partial charge in [0.05, 0.1) is 11.2 Å². The Morgan fingerprint density at radius 3 is 2.80 bits per heavy atom. The lowest BCUT2D eigenvalue weighted by Gasteiger charge is -2.21. The second-order valence-electron chi connectivity index (χ2n) is 5.78. The van der Waals surface area contributed by atoms with Crippen LogP contribution in [-0.2, 0) is 6.54 Å². The molecule has 2 aromatic rings. The van der Waals surface area contributed by atoms with Gasteiger partial charge in [-0.05, 0) is 45.0 Å². The van der Waals surface area contributed by atoms with Crippen LogP contribution >= 0.6 is 0 Å². The van der Waals surface area contributed by atoms with Crippen molar-refractivity contribution in [3.05, 3.63) is 42.1 Å². The lowest BCUT2D eigenvalue weighted by molar-refractivity contribution is 0.298. The van der Waals surface area contributed by atoms with Gasteiger partial charge in [-0.15, -0.1) is 0 Å². The molecule has 0 saturated carbocycles. The normalized spacial score (nSPS) is 17.6. The third-order valence-electron chi connectivity index (χ3n) is 4.02. The molecule has 1 unspecified atom stereocenters. The zero-order valence-electron chi connectivity index (χ0n) is 12.2. The SMILES string of the molecule is CC(CN1CCCC1)NCc1ccc2ccccc2n1. The quantitative estimate of drug-likeness (QED) is 0.904. The Morgan fingerprint density at radius 1 is 1.15 bits per heavy atom. The zero-order chi connectivity index (χ0) is 13.8. The van der Waals surface area contributed by atoms with E-state index in [1.54, 1.807) is 0 Å². The number of pyridine rings is 1. The molecule has 20 heavy (non-hydrogen) atoms. The molecule has 3 heteroatoms. The van der Waals surface area contributed by atoms with E-state index in [0.717, 1.165) is 24.3 Å². The van der Waals surface area contributed by atoms with Crippen molar-refractivity contribution in [1.29, 1.82) is 0 Å². The van der Waals surface area contributed by atoms with Crippen molar-refractivity contribution in [1.82, 2.24) is 15.2 Å². The van der Waals surface area contributed by atoms with E-state index in [4.69, 9.17) is 4.98 Å². The van der Waals surface area contributed by atoms with Gasteiger partial charge in [0.2, 0.25) is 0 Å². The van der Waals surface area contributed by atoms with Crippen molar-refractivity contribution < 1.29 is 0 Å². The molecule has 1 saturated heterocycles. The van der Waals surface area contributed by atoms with Crippen LogP contribution in [0.1, 0.15) is 25.5 Å². The first kappa shape index (κ1) is 13.5. The lowest BCUT2D eigenvalue weighted by Crippen LogP contribution is -2.37. The summed E-state index contributed by atoms with van der Waals surface area (Å²) in [6.07, 6.45) is 2.72. The van der Waals surface area contributed by atoms with Crippen LogP contribution in [0, 0.1) is 0 Å². The molecule has 1 fully saturated rings. The van der Waals surface area contributed by atoms with Crippen LogP contribution in [-0.4, -0.2) is 35.6 Å². The average Bonchev–Trinajstić information content (AvgIpc) is 2.98. The first-order chi connectivity index (χ1) is 9.81. The highest BCUT2D eigenvalue weighted by molar-refractivity contribution is 5.78. The molecular weight excluding hydrogens is 246 g/mol. The number of nitrogens with one attached hydrogen (secondary N) is 1. The van der Waals surface area contributed by atoms with E-state index >= 15 is 0 Å². The number of para-hydroxylation sites is 1. The predicted molar refractivity (Wildman–Crippen MR) is 83.7 cm³/mol. The topological polar surface area (TPSA) is 28.2 Å². The van der Waals surface area contributed by atoms with Crippen LogP contribution in [0.2, 0.25) is 0 Å². The minimum Gasteiger partial charge on any atom is -0.307 e. The van der Waals surface area contributed by atoms with Crippen molar-refractivity contribution in [2.24, 2.45) is 0 Å². The summed E-state index contributed by atoms with van der Waals surface area (Å²) in [6, 6.07) is 13.1. The summed E-state index contributed by atoms with van der Waals surface area (Å²) in [5.41, 5.74) is 2.20. The molecule has 1 aliphatic rings. The first-order valence-corrected chi connectivity index (χ1v) is 7.62. The fourth-order valence-electron chi connectivity index (χ4n) is 2.90. The second kappa shape index (κ2) is 6.33. The number of nitrogens with zero attached hydrogens (tertiary/aromatic N) is 2. The highest BCUT2D eigenvalue weighted by Crippen LogP contribution is 2.12. The molecule has 1 aromatic heterocycles. The number of hydrogen-bond donors (Lipinski definition) is 1. The molecule has 1 aliphatic heterocycles. The van der Waals surface area contributed by atoms with E-state index in [9.17, 15) is 0 Å². The van der Waals surface area contributed by atoms with Gasteiger partial charge in [0.25, 0.3) is 0 Å². The Bertz CT molecular complexity index is 561. The molecular formula is C17H23N3. The Kier molecular flexibility index (Phi) is 4.28. The van der Waals surface area contributed by atoms with E-state index in [-0.39, 0.29) is 0 Å². The maximum Gasteiger partial charge on any atom is 0.0705 e. The van der Waals surface area contributed by atoms with Gasteiger partial charge in [0.15, 0.2) is 0 Å². The highest BCUT2D eigenvalue weighted by atomic mass is 15.2. The van der Waals surface area contributed by atoms with Crippen molar-refractivity contribution in [3.63, 3.8) is 0 Å². The van der Waals surface area contributed by atoms with Gasteiger partial charge < -0.3 is 10.2 Å². The van der Waals surface area contributed by atoms with Crippen LogP contribution in [0.3, 0.4) is 0 Å². The molecule has 3 nitrogen and oxygen atoms in total. The van der Waals surface area contributed by atoms with Crippen LogP contribution in [0.4, 0.5) is 0 Å². The monoisotopic (exact) mass is 269 g/mol. The van der Waals surface area contributed by atoms with Gasteiger partial charge in [-0.2, -0.15) is 0 Å². The van der Waals surface area contributed by atoms with Crippen LogP contribution < -0.4 is 5.32 Å². The maximum absolute atomic E-state index is 4.70. The van der Waals surface area contributed by atoms with E-state index in [0.29, 0.717) is 6.04 Å². The molecule has 1 aromatic carbocycles. The molecule has 0 amide bonds. The first-order valence-electron chi connectivity index (χ1n) is 7.62. The van der Waals surface area contributed by atoms with E-state index in [2.05, 4.69) is 47.5 Å². The van der Waals surface area contributed by atoms with Crippen molar-refractivity contribution in [2.45, 2.75) is 32.4 Å². The fraction of sp³-hybridized carbons (Fsp3) is 0.471. The molecule has 0 bridgehead atoms. The maximum atomic E-state index is 4.70. The summed E-state index contributed by atoms with van der Waals surface area (Å²) in [7, 11) is 0. The van der Waals surface area contributed by atoms with Gasteiger partial charge >= 0.3 is 0 Å². The summed E-state index contributed by atoms with van der Waals surface area (Å²) in [6.45, 7) is 6.78. The number of fused-ring (bicyclic) bond motifs is 1. The smallest absolute Gasteiger partial charge is 0.0705 e. The molecule has 1 atom stereocenters. The van der Waals surface area contributed by atoms with E-state index in [1.165, 1.54) is 31.3 Å². The summed E-state index contributed by atoms with van der Waals surface area (Å²) in [5.74, 6) is 0. The summed E-state index contributed by atoms with van der Waals surface area (Å²) < 4.78 is 0. The summed E-state index contributed by atoms with van der Waals surface area (Å²) in [5, 5.41) is 4.80. The van der Waals surface area contributed by atoms with Crippen LogP contribution in [0.15, 0.2) is 36.4 Å². The number of likely N-dealkylation sites (tertiary alicyclic amines) is 1. The van der Waals surface area contributed by atoms with Crippen LogP contribution in [0.5, 0.6) is 0 Å².